The first kappa shape index (κ1) is 21.2. The lowest BCUT2D eigenvalue weighted by atomic mass is 9.91. The standard InChI is InChI=1S/C31H29NO/c1-4-12-25(13-5-1)23-32-20-21-33-31(24-32)30(27-16-8-3-9-17-27)22-28-18-10-11-19-29(28)26-14-6-2-7-15-26/h1-19H,20-24H2. The molecule has 0 N–H and O–H groups in total. The minimum atomic E-state index is 0.721. The van der Waals surface area contributed by atoms with Crippen LogP contribution >= 0.6 is 0 Å². The molecule has 0 bridgehead atoms. The Kier molecular flexibility index (Phi) is 6.65. The summed E-state index contributed by atoms with van der Waals surface area (Å²) in [5.74, 6) is 1.09. The summed E-state index contributed by atoms with van der Waals surface area (Å²) in [5, 5.41) is 0. The Bertz CT molecular complexity index is 1200. The number of ether oxygens (including phenoxy) is 1. The average Bonchev–Trinajstić information content (AvgIpc) is 2.89. The van der Waals surface area contributed by atoms with Crippen LogP contribution in [0.25, 0.3) is 16.7 Å². The number of hydrogen-bond donors (Lipinski definition) is 0. The molecule has 1 aliphatic rings. The third-order valence-electron chi connectivity index (χ3n) is 6.23. The topological polar surface area (TPSA) is 12.5 Å². The van der Waals surface area contributed by atoms with E-state index < -0.39 is 0 Å². The molecule has 2 nitrogen and oxygen atoms in total. The van der Waals surface area contributed by atoms with Crippen LogP contribution in [0.4, 0.5) is 0 Å². The van der Waals surface area contributed by atoms with E-state index in [4.69, 9.17) is 4.74 Å². The van der Waals surface area contributed by atoms with E-state index in [0.717, 1.165) is 38.4 Å². The summed E-state index contributed by atoms with van der Waals surface area (Å²) >= 11 is 0. The highest BCUT2D eigenvalue weighted by molar-refractivity contribution is 5.75. The molecule has 4 aromatic rings. The van der Waals surface area contributed by atoms with Crippen molar-refractivity contribution >= 4 is 5.57 Å². The van der Waals surface area contributed by atoms with Gasteiger partial charge in [0, 0.05) is 25.1 Å². The second-order valence-electron chi connectivity index (χ2n) is 8.51. The minimum absolute atomic E-state index is 0.721. The van der Waals surface area contributed by atoms with Gasteiger partial charge in [-0.3, -0.25) is 4.90 Å². The second kappa shape index (κ2) is 10.3. The Morgan fingerprint density at radius 1 is 0.697 bits per heavy atom. The summed E-state index contributed by atoms with van der Waals surface area (Å²) in [6, 6.07) is 40.8. The lowest BCUT2D eigenvalue weighted by molar-refractivity contribution is 0.0906. The smallest absolute Gasteiger partial charge is 0.114 e. The van der Waals surface area contributed by atoms with Crippen LogP contribution in [0.1, 0.15) is 16.7 Å². The van der Waals surface area contributed by atoms with Crippen LogP contribution in [0.2, 0.25) is 0 Å². The first-order chi connectivity index (χ1) is 16.4. The maximum absolute atomic E-state index is 6.32. The molecule has 1 heterocycles. The Labute approximate surface area is 196 Å². The fraction of sp³-hybridized carbons (Fsp3) is 0.161. The average molecular weight is 432 g/mol. The molecule has 1 saturated heterocycles. The van der Waals surface area contributed by atoms with Crippen molar-refractivity contribution in [2.24, 2.45) is 0 Å². The zero-order valence-corrected chi connectivity index (χ0v) is 18.9. The van der Waals surface area contributed by atoms with Gasteiger partial charge in [0.25, 0.3) is 0 Å². The molecule has 2 heteroatoms. The quantitative estimate of drug-likeness (QED) is 0.331. The van der Waals surface area contributed by atoms with E-state index in [1.54, 1.807) is 0 Å². The molecule has 5 rings (SSSR count). The molecule has 1 fully saturated rings. The van der Waals surface area contributed by atoms with Crippen LogP contribution in [-0.4, -0.2) is 24.6 Å². The SMILES string of the molecule is c1ccc(CN2CCOC(=C(Cc3ccccc3-c3ccccc3)c3ccccc3)C2)cc1. The molecule has 33 heavy (non-hydrogen) atoms. The van der Waals surface area contributed by atoms with Crippen molar-refractivity contribution in [2.45, 2.75) is 13.0 Å². The Morgan fingerprint density at radius 2 is 1.33 bits per heavy atom. The maximum Gasteiger partial charge on any atom is 0.114 e. The van der Waals surface area contributed by atoms with Crippen LogP contribution in [-0.2, 0) is 17.7 Å². The molecular weight excluding hydrogens is 402 g/mol. The number of allylic oxidation sites excluding steroid dienone is 1. The van der Waals surface area contributed by atoms with Crippen molar-refractivity contribution in [1.29, 1.82) is 0 Å². The Hall–Kier alpha value is -3.62. The molecule has 0 unspecified atom stereocenters. The summed E-state index contributed by atoms with van der Waals surface area (Å²) in [6.45, 7) is 3.43. The lowest BCUT2D eigenvalue weighted by Gasteiger charge is -2.31. The highest BCUT2D eigenvalue weighted by Gasteiger charge is 2.21. The highest BCUT2D eigenvalue weighted by atomic mass is 16.5. The maximum atomic E-state index is 6.32. The number of hydrogen-bond acceptors (Lipinski definition) is 2. The van der Waals surface area contributed by atoms with Crippen LogP contribution in [0.15, 0.2) is 121 Å². The molecule has 0 spiro atoms. The van der Waals surface area contributed by atoms with E-state index in [1.165, 1.54) is 33.4 Å². The number of benzene rings is 4. The summed E-state index contributed by atoms with van der Waals surface area (Å²) in [4.78, 5) is 2.49. The molecule has 0 aromatic heterocycles. The van der Waals surface area contributed by atoms with E-state index >= 15 is 0 Å². The van der Waals surface area contributed by atoms with Crippen LogP contribution in [0.5, 0.6) is 0 Å². The monoisotopic (exact) mass is 431 g/mol. The largest absolute Gasteiger partial charge is 0.495 e. The van der Waals surface area contributed by atoms with Gasteiger partial charge in [0.1, 0.15) is 12.4 Å². The molecule has 0 aliphatic carbocycles. The third kappa shape index (κ3) is 5.24. The highest BCUT2D eigenvalue weighted by Crippen LogP contribution is 2.31. The van der Waals surface area contributed by atoms with Crippen molar-refractivity contribution < 1.29 is 4.74 Å². The van der Waals surface area contributed by atoms with Gasteiger partial charge in [0.2, 0.25) is 0 Å². The number of rotatable bonds is 6. The molecule has 164 valence electrons. The normalized spacial score (nSPS) is 15.6. The summed E-state index contributed by atoms with van der Waals surface area (Å²) in [7, 11) is 0. The molecule has 4 aromatic carbocycles. The van der Waals surface area contributed by atoms with Crippen molar-refractivity contribution in [3.05, 3.63) is 138 Å². The molecular formula is C31H29NO. The number of nitrogens with zero attached hydrogens (tertiary/aromatic N) is 1. The zero-order chi connectivity index (χ0) is 22.3. The molecule has 0 saturated carbocycles. The van der Waals surface area contributed by atoms with Gasteiger partial charge in [-0.25, -0.2) is 0 Å². The Balaban J connectivity index is 1.49. The van der Waals surface area contributed by atoms with Crippen molar-refractivity contribution in [1.82, 2.24) is 4.90 Å². The fourth-order valence-corrected chi connectivity index (χ4v) is 4.55. The first-order valence-corrected chi connectivity index (χ1v) is 11.7. The number of morpholine rings is 1. The van der Waals surface area contributed by atoms with Gasteiger partial charge in [-0.05, 0) is 27.8 Å². The predicted octanol–water partition coefficient (Wildman–Crippen LogP) is 6.84. The van der Waals surface area contributed by atoms with Crippen LogP contribution < -0.4 is 0 Å². The van der Waals surface area contributed by atoms with Gasteiger partial charge in [-0.1, -0.05) is 115 Å². The van der Waals surface area contributed by atoms with E-state index in [9.17, 15) is 0 Å². The van der Waals surface area contributed by atoms with Gasteiger partial charge >= 0.3 is 0 Å². The lowest BCUT2D eigenvalue weighted by Crippen LogP contribution is -2.35. The second-order valence-corrected chi connectivity index (χ2v) is 8.51. The van der Waals surface area contributed by atoms with Gasteiger partial charge in [0.15, 0.2) is 0 Å². The van der Waals surface area contributed by atoms with Gasteiger partial charge in [-0.2, -0.15) is 0 Å². The van der Waals surface area contributed by atoms with Crippen molar-refractivity contribution in [3.8, 4) is 11.1 Å². The Morgan fingerprint density at radius 3 is 2.09 bits per heavy atom. The van der Waals surface area contributed by atoms with Gasteiger partial charge in [-0.15, -0.1) is 0 Å². The minimum Gasteiger partial charge on any atom is -0.495 e. The van der Waals surface area contributed by atoms with E-state index in [0.29, 0.717) is 0 Å². The van der Waals surface area contributed by atoms with E-state index in [2.05, 4.69) is 120 Å². The first-order valence-electron chi connectivity index (χ1n) is 11.7. The summed E-state index contributed by atoms with van der Waals surface area (Å²) < 4.78 is 6.32. The van der Waals surface area contributed by atoms with Gasteiger partial charge in [0.05, 0.1) is 6.54 Å². The van der Waals surface area contributed by atoms with Crippen LogP contribution in [0, 0.1) is 0 Å². The van der Waals surface area contributed by atoms with E-state index in [-0.39, 0.29) is 0 Å². The summed E-state index contributed by atoms with van der Waals surface area (Å²) in [5.41, 5.74) is 7.70. The van der Waals surface area contributed by atoms with Gasteiger partial charge < -0.3 is 4.74 Å². The molecule has 1 aliphatic heterocycles. The molecule has 0 amide bonds. The molecule has 0 radical (unpaired) electrons. The van der Waals surface area contributed by atoms with Crippen molar-refractivity contribution in [3.63, 3.8) is 0 Å². The van der Waals surface area contributed by atoms with Crippen LogP contribution in [0.3, 0.4) is 0 Å². The molecule has 0 atom stereocenters. The van der Waals surface area contributed by atoms with Crippen molar-refractivity contribution in [2.75, 3.05) is 19.7 Å². The predicted molar refractivity (Wildman–Crippen MR) is 137 cm³/mol. The van der Waals surface area contributed by atoms with E-state index in [1.807, 2.05) is 0 Å². The third-order valence-corrected chi connectivity index (χ3v) is 6.23. The zero-order valence-electron chi connectivity index (χ0n) is 18.9. The fourth-order valence-electron chi connectivity index (χ4n) is 4.55. The summed E-state index contributed by atoms with van der Waals surface area (Å²) in [6.07, 6.45) is 0.837.